The first-order valence-corrected chi connectivity index (χ1v) is 6.12. The molecule has 0 spiro atoms. The summed E-state index contributed by atoms with van der Waals surface area (Å²) in [6.07, 6.45) is 0. The summed E-state index contributed by atoms with van der Waals surface area (Å²) in [5, 5.41) is 0. The molecule has 0 saturated heterocycles. The summed E-state index contributed by atoms with van der Waals surface area (Å²) in [4.78, 5) is 13.2. The fourth-order valence-corrected chi connectivity index (χ4v) is 1.77. The van der Waals surface area contributed by atoms with Gasteiger partial charge in [0.25, 0.3) is 5.91 Å². The fraction of sp³-hybridized carbons (Fsp3) is 0.133. The van der Waals surface area contributed by atoms with E-state index in [0.717, 1.165) is 5.69 Å². The zero-order chi connectivity index (χ0) is 14.7. The highest BCUT2D eigenvalue weighted by Gasteiger charge is 2.08. The molecule has 0 radical (unpaired) electrons. The van der Waals surface area contributed by atoms with Gasteiger partial charge in [-0.05, 0) is 30.3 Å². The number of carbonyl (C=O) groups excluding carboxylic acids is 1. The van der Waals surface area contributed by atoms with Gasteiger partial charge in [0, 0.05) is 31.5 Å². The number of ether oxygens (including phenoxy) is 1. The topological polar surface area (TPSA) is 81.6 Å². The molecule has 5 heteroatoms. The van der Waals surface area contributed by atoms with Crippen LogP contribution in [0.15, 0.2) is 42.5 Å². The number of hydrogen-bond donors (Lipinski definition) is 2. The van der Waals surface area contributed by atoms with E-state index in [9.17, 15) is 4.79 Å². The van der Waals surface area contributed by atoms with E-state index in [0.29, 0.717) is 17.2 Å². The standard InChI is InChI=1S/C15H17N3O2/c1-18(2)10-4-3-5-11(8-10)20-12-6-7-14(16)13(9-12)15(17)19/h3-9H,16H2,1-2H3,(H2,17,19). The molecular weight excluding hydrogens is 254 g/mol. The first-order valence-electron chi connectivity index (χ1n) is 6.12. The third-order valence-electron chi connectivity index (χ3n) is 2.86. The van der Waals surface area contributed by atoms with E-state index in [1.807, 2.05) is 43.3 Å². The lowest BCUT2D eigenvalue weighted by atomic mass is 10.1. The number of rotatable bonds is 4. The highest BCUT2D eigenvalue weighted by molar-refractivity contribution is 5.98. The minimum absolute atomic E-state index is 0.256. The van der Waals surface area contributed by atoms with Crippen molar-refractivity contribution in [3.05, 3.63) is 48.0 Å². The van der Waals surface area contributed by atoms with Gasteiger partial charge in [-0.25, -0.2) is 0 Å². The van der Waals surface area contributed by atoms with Crippen molar-refractivity contribution < 1.29 is 9.53 Å². The van der Waals surface area contributed by atoms with E-state index in [-0.39, 0.29) is 5.56 Å². The molecule has 0 atom stereocenters. The fourth-order valence-electron chi connectivity index (χ4n) is 1.77. The number of primary amides is 1. The van der Waals surface area contributed by atoms with Crippen molar-refractivity contribution in [1.82, 2.24) is 0 Å². The molecule has 1 amide bonds. The Morgan fingerprint density at radius 1 is 1.10 bits per heavy atom. The van der Waals surface area contributed by atoms with Crippen LogP contribution >= 0.6 is 0 Å². The van der Waals surface area contributed by atoms with Gasteiger partial charge in [0.05, 0.1) is 5.56 Å². The number of nitrogens with two attached hydrogens (primary N) is 2. The number of carbonyl (C=O) groups is 1. The smallest absolute Gasteiger partial charge is 0.250 e. The molecule has 0 aromatic heterocycles. The average molecular weight is 271 g/mol. The Morgan fingerprint density at radius 2 is 1.80 bits per heavy atom. The van der Waals surface area contributed by atoms with Gasteiger partial charge in [0.15, 0.2) is 0 Å². The molecule has 2 aromatic rings. The second-order valence-corrected chi connectivity index (χ2v) is 4.61. The summed E-state index contributed by atoms with van der Waals surface area (Å²) < 4.78 is 5.72. The van der Waals surface area contributed by atoms with Gasteiger partial charge >= 0.3 is 0 Å². The number of hydrogen-bond acceptors (Lipinski definition) is 4. The second kappa shape index (κ2) is 5.52. The molecule has 0 fully saturated rings. The van der Waals surface area contributed by atoms with Crippen molar-refractivity contribution >= 4 is 17.3 Å². The van der Waals surface area contributed by atoms with E-state index in [2.05, 4.69) is 0 Å². The van der Waals surface area contributed by atoms with Crippen molar-refractivity contribution in [2.24, 2.45) is 5.73 Å². The Balaban J connectivity index is 2.28. The van der Waals surface area contributed by atoms with E-state index in [1.54, 1.807) is 18.2 Å². The van der Waals surface area contributed by atoms with Gasteiger partial charge < -0.3 is 21.1 Å². The Bertz CT molecular complexity index is 639. The summed E-state index contributed by atoms with van der Waals surface area (Å²) in [6, 6.07) is 12.5. The Kier molecular flexibility index (Phi) is 3.79. The van der Waals surface area contributed by atoms with E-state index in [1.165, 1.54) is 0 Å². The van der Waals surface area contributed by atoms with E-state index < -0.39 is 5.91 Å². The highest BCUT2D eigenvalue weighted by Crippen LogP contribution is 2.27. The molecule has 0 aliphatic rings. The molecule has 0 heterocycles. The third-order valence-corrected chi connectivity index (χ3v) is 2.86. The maximum absolute atomic E-state index is 11.2. The van der Waals surface area contributed by atoms with E-state index >= 15 is 0 Å². The summed E-state index contributed by atoms with van der Waals surface area (Å²) >= 11 is 0. The summed E-state index contributed by atoms with van der Waals surface area (Å²) in [5.74, 6) is 0.621. The number of amides is 1. The maximum Gasteiger partial charge on any atom is 0.250 e. The van der Waals surface area contributed by atoms with Crippen molar-refractivity contribution in [2.45, 2.75) is 0 Å². The largest absolute Gasteiger partial charge is 0.457 e. The number of anilines is 2. The molecule has 0 unspecified atom stereocenters. The summed E-state index contributed by atoms with van der Waals surface area (Å²) in [6.45, 7) is 0. The van der Waals surface area contributed by atoms with E-state index in [4.69, 9.17) is 16.2 Å². The molecule has 0 bridgehead atoms. The molecule has 0 aliphatic heterocycles. The molecule has 0 aliphatic carbocycles. The van der Waals surface area contributed by atoms with Gasteiger partial charge in [-0.15, -0.1) is 0 Å². The van der Waals surface area contributed by atoms with Crippen LogP contribution in [0.4, 0.5) is 11.4 Å². The molecule has 2 rings (SSSR count). The van der Waals surface area contributed by atoms with Gasteiger partial charge in [-0.3, -0.25) is 4.79 Å². The normalized spacial score (nSPS) is 10.1. The van der Waals surface area contributed by atoms with Crippen LogP contribution in [0.25, 0.3) is 0 Å². The van der Waals surface area contributed by atoms with Crippen molar-refractivity contribution in [1.29, 1.82) is 0 Å². The molecule has 20 heavy (non-hydrogen) atoms. The third kappa shape index (κ3) is 3.00. The molecule has 4 N–H and O–H groups in total. The van der Waals surface area contributed by atoms with Crippen LogP contribution < -0.4 is 21.1 Å². The van der Waals surface area contributed by atoms with Crippen LogP contribution in [-0.4, -0.2) is 20.0 Å². The first kappa shape index (κ1) is 13.7. The predicted molar refractivity (Wildman–Crippen MR) is 80.2 cm³/mol. The zero-order valence-electron chi connectivity index (χ0n) is 11.5. The van der Waals surface area contributed by atoms with Crippen molar-refractivity contribution in [3.63, 3.8) is 0 Å². The predicted octanol–water partition coefficient (Wildman–Crippen LogP) is 2.23. The summed E-state index contributed by atoms with van der Waals surface area (Å²) in [5.41, 5.74) is 12.6. The van der Waals surface area contributed by atoms with Crippen molar-refractivity contribution in [2.75, 3.05) is 24.7 Å². The van der Waals surface area contributed by atoms with Gasteiger partial charge in [-0.1, -0.05) is 6.07 Å². The Labute approximate surface area is 117 Å². The lowest BCUT2D eigenvalue weighted by Crippen LogP contribution is -2.13. The Morgan fingerprint density at radius 3 is 2.45 bits per heavy atom. The minimum Gasteiger partial charge on any atom is -0.457 e. The molecule has 5 nitrogen and oxygen atoms in total. The second-order valence-electron chi connectivity index (χ2n) is 4.61. The van der Waals surface area contributed by atoms with Gasteiger partial charge in [-0.2, -0.15) is 0 Å². The zero-order valence-corrected chi connectivity index (χ0v) is 11.5. The van der Waals surface area contributed by atoms with Crippen molar-refractivity contribution in [3.8, 4) is 11.5 Å². The van der Waals surface area contributed by atoms with Gasteiger partial charge in [0.2, 0.25) is 0 Å². The number of nitrogens with zero attached hydrogens (tertiary/aromatic N) is 1. The monoisotopic (exact) mass is 271 g/mol. The number of benzene rings is 2. The average Bonchev–Trinajstić information content (AvgIpc) is 2.41. The minimum atomic E-state index is -0.574. The maximum atomic E-state index is 11.2. The van der Waals surface area contributed by atoms with Crippen LogP contribution in [0, 0.1) is 0 Å². The van der Waals surface area contributed by atoms with Gasteiger partial charge in [0.1, 0.15) is 11.5 Å². The lowest BCUT2D eigenvalue weighted by molar-refractivity contribution is 0.100. The van der Waals surface area contributed by atoms with Crippen LogP contribution in [0.3, 0.4) is 0 Å². The molecule has 0 saturated carbocycles. The summed E-state index contributed by atoms with van der Waals surface area (Å²) in [7, 11) is 3.90. The SMILES string of the molecule is CN(C)c1cccc(Oc2ccc(N)c(C(N)=O)c2)c1. The Hall–Kier alpha value is -2.69. The van der Waals surface area contributed by atoms with Crippen LogP contribution in [-0.2, 0) is 0 Å². The molecule has 104 valence electrons. The molecular formula is C15H17N3O2. The lowest BCUT2D eigenvalue weighted by Gasteiger charge is -2.14. The molecule has 2 aromatic carbocycles. The highest BCUT2D eigenvalue weighted by atomic mass is 16.5. The first-order chi connectivity index (χ1) is 9.47. The quantitative estimate of drug-likeness (QED) is 0.835. The van der Waals surface area contributed by atoms with Crippen LogP contribution in [0.1, 0.15) is 10.4 Å². The number of nitrogen functional groups attached to an aromatic ring is 1. The van der Waals surface area contributed by atoms with Crippen LogP contribution in [0.2, 0.25) is 0 Å². The van der Waals surface area contributed by atoms with Crippen LogP contribution in [0.5, 0.6) is 11.5 Å².